The fourth-order valence-corrected chi connectivity index (χ4v) is 3.32. The Labute approximate surface area is 194 Å². The van der Waals surface area contributed by atoms with Gasteiger partial charge in [0.15, 0.2) is 0 Å². The molecule has 0 spiro atoms. The number of hydrogen-bond acceptors (Lipinski definition) is 6. The van der Waals surface area contributed by atoms with Gasteiger partial charge in [-0.15, -0.1) is 6.42 Å². The first kappa shape index (κ1) is 25.5. The molecule has 33 heavy (non-hydrogen) atoms. The first-order chi connectivity index (χ1) is 15.8. The number of terminal acetylenes is 1. The van der Waals surface area contributed by atoms with Crippen LogP contribution in [0.2, 0.25) is 0 Å². The summed E-state index contributed by atoms with van der Waals surface area (Å²) >= 11 is 0. The number of methoxy groups -OCH3 is 1. The highest BCUT2D eigenvalue weighted by molar-refractivity contribution is 7.90. The molecule has 0 unspecified atom stereocenters. The molecule has 0 bridgehead atoms. The summed E-state index contributed by atoms with van der Waals surface area (Å²) in [5, 5.41) is 6.02. The number of rotatable bonds is 12. The lowest BCUT2D eigenvalue weighted by Crippen LogP contribution is -2.48. The summed E-state index contributed by atoms with van der Waals surface area (Å²) in [4.78, 5) is 25.0. The van der Waals surface area contributed by atoms with Gasteiger partial charge in [0.1, 0.15) is 17.5 Å². The molecule has 2 amide bonds. The smallest absolute Gasteiger partial charge is 0.331 e. The molecule has 0 aliphatic heterocycles. The SMILES string of the molecule is C#CCNC(=O)[C@H](Cc1ccc(OS(=O)(=O)C=C)cc1)NC(=O)CCc1ccc(OC)cc1. The minimum Gasteiger partial charge on any atom is -0.497 e. The third-order valence-electron chi connectivity index (χ3n) is 4.60. The second-order valence-corrected chi connectivity index (χ2v) is 8.47. The van der Waals surface area contributed by atoms with Gasteiger partial charge in [-0.1, -0.05) is 36.8 Å². The Morgan fingerprint density at radius 3 is 2.27 bits per heavy atom. The van der Waals surface area contributed by atoms with Gasteiger partial charge >= 0.3 is 10.1 Å². The van der Waals surface area contributed by atoms with Crippen LogP contribution < -0.4 is 19.6 Å². The average molecular weight is 471 g/mol. The van der Waals surface area contributed by atoms with Crippen LogP contribution in [0.25, 0.3) is 0 Å². The number of hydrogen-bond donors (Lipinski definition) is 2. The number of nitrogens with one attached hydrogen (secondary N) is 2. The van der Waals surface area contributed by atoms with Crippen molar-refractivity contribution in [3.63, 3.8) is 0 Å². The topological polar surface area (TPSA) is 111 Å². The quantitative estimate of drug-likeness (QED) is 0.362. The Morgan fingerprint density at radius 2 is 1.70 bits per heavy atom. The lowest BCUT2D eigenvalue weighted by molar-refractivity contribution is -0.128. The van der Waals surface area contributed by atoms with Crippen molar-refractivity contribution in [3.8, 4) is 23.8 Å². The maximum Gasteiger partial charge on any atom is 0.331 e. The molecular weight excluding hydrogens is 444 g/mol. The molecule has 9 heteroatoms. The minimum atomic E-state index is -3.86. The van der Waals surface area contributed by atoms with E-state index in [-0.39, 0.29) is 31.0 Å². The number of aryl methyl sites for hydroxylation is 1. The van der Waals surface area contributed by atoms with E-state index in [0.29, 0.717) is 17.4 Å². The van der Waals surface area contributed by atoms with Crippen LogP contribution in [0.5, 0.6) is 11.5 Å². The van der Waals surface area contributed by atoms with Crippen LogP contribution in [0, 0.1) is 12.3 Å². The number of carbonyl (C=O) groups is 2. The molecule has 2 rings (SSSR count). The van der Waals surface area contributed by atoms with Crippen molar-refractivity contribution in [3.05, 3.63) is 71.6 Å². The fourth-order valence-electron chi connectivity index (χ4n) is 2.87. The van der Waals surface area contributed by atoms with Crippen LogP contribution in [-0.4, -0.2) is 39.9 Å². The second kappa shape index (κ2) is 12.3. The highest BCUT2D eigenvalue weighted by Crippen LogP contribution is 2.16. The van der Waals surface area contributed by atoms with Gasteiger partial charge in [-0.25, -0.2) is 0 Å². The Kier molecular flexibility index (Phi) is 9.51. The van der Waals surface area contributed by atoms with Crippen molar-refractivity contribution in [2.45, 2.75) is 25.3 Å². The summed E-state index contributed by atoms with van der Waals surface area (Å²) in [5.74, 6) is 2.46. The van der Waals surface area contributed by atoms with E-state index in [9.17, 15) is 18.0 Å². The van der Waals surface area contributed by atoms with Gasteiger partial charge in [-0.2, -0.15) is 8.42 Å². The summed E-state index contributed by atoms with van der Waals surface area (Å²) in [5.41, 5.74) is 1.65. The molecule has 0 fully saturated rings. The maximum atomic E-state index is 12.5. The standard InChI is InChI=1S/C24H26N2O6S/c1-4-16-25-24(28)22(17-19-8-13-21(14-9-19)32-33(29,30)5-2)26-23(27)15-10-18-6-11-20(31-3)12-7-18/h1,5-9,11-14,22H,2,10,15-17H2,3H3,(H,25,28)(H,26,27)/t22-/m0/s1. The summed E-state index contributed by atoms with van der Waals surface area (Å²) in [6.07, 6.45) is 6.08. The van der Waals surface area contributed by atoms with Crippen molar-refractivity contribution in [2.24, 2.45) is 0 Å². The van der Waals surface area contributed by atoms with E-state index in [0.717, 1.165) is 11.3 Å². The normalized spacial score (nSPS) is 11.5. The van der Waals surface area contributed by atoms with E-state index in [4.69, 9.17) is 15.3 Å². The predicted molar refractivity (Wildman–Crippen MR) is 125 cm³/mol. The number of carbonyl (C=O) groups excluding carboxylic acids is 2. The summed E-state index contributed by atoms with van der Waals surface area (Å²) < 4.78 is 32.9. The summed E-state index contributed by atoms with van der Waals surface area (Å²) in [6.45, 7) is 3.21. The van der Waals surface area contributed by atoms with Gasteiger partial charge in [0.25, 0.3) is 0 Å². The van der Waals surface area contributed by atoms with Crippen LogP contribution in [0.4, 0.5) is 0 Å². The maximum absolute atomic E-state index is 12.5. The molecule has 174 valence electrons. The third-order valence-corrected chi connectivity index (χ3v) is 5.43. The number of ether oxygens (including phenoxy) is 1. The van der Waals surface area contributed by atoms with Gasteiger partial charge in [0.05, 0.1) is 19.1 Å². The van der Waals surface area contributed by atoms with Gasteiger partial charge in [0, 0.05) is 12.8 Å². The van der Waals surface area contributed by atoms with Crippen molar-refractivity contribution >= 4 is 21.9 Å². The van der Waals surface area contributed by atoms with Crippen molar-refractivity contribution in [2.75, 3.05) is 13.7 Å². The van der Waals surface area contributed by atoms with Gasteiger partial charge in [-0.3, -0.25) is 9.59 Å². The van der Waals surface area contributed by atoms with Crippen molar-refractivity contribution in [1.82, 2.24) is 10.6 Å². The predicted octanol–water partition coefficient (Wildman–Crippen LogP) is 1.96. The van der Waals surface area contributed by atoms with E-state index >= 15 is 0 Å². The van der Waals surface area contributed by atoms with E-state index in [2.05, 4.69) is 23.1 Å². The van der Waals surface area contributed by atoms with Crippen LogP contribution >= 0.6 is 0 Å². The van der Waals surface area contributed by atoms with Gasteiger partial charge in [-0.05, 0) is 41.8 Å². The monoisotopic (exact) mass is 470 g/mol. The third kappa shape index (κ3) is 8.71. The summed E-state index contributed by atoms with van der Waals surface area (Å²) in [6, 6.07) is 12.7. The molecule has 0 saturated heterocycles. The average Bonchev–Trinajstić information content (AvgIpc) is 2.82. The Hall–Kier alpha value is -3.77. The zero-order valence-electron chi connectivity index (χ0n) is 18.2. The van der Waals surface area contributed by atoms with Crippen LogP contribution in [-0.2, 0) is 32.5 Å². The lowest BCUT2D eigenvalue weighted by atomic mass is 10.0. The highest BCUT2D eigenvalue weighted by Gasteiger charge is 2.21. The number of amides is 2. The van der Waals surface area contributed by atoms with Crippen LogP contribution in [0.1, 0.15) is 17.5 Å². The molecule has 0 heterocycles. The zero-order chi connectivity index (χ0) is 24.3. The first-order valence-electron chi connectivity index (χ1n) is 10.1. The molecule has 1 atom stereocenters. The van der Waals surface area contributed by atoms with Crippen LogP contribution in [0.15, 0.2) is 60.5 Å². The molecule has 0 aliphatic rings. The first-order valence-corrected chi connectivity index (χ1v) is 11.5. The Bertz CT molecular complexity index is 1100. The molecule has 0 saturated carbocycles. The molecule has 2 aromatic carbocycles. The lowest BCUT2D eigenvalue weighted by Gasteiger charge is -2.18. The van der Waals surface area contributed by atoms with Crippen LogP contribution in [0.3, 0.4) is 0 Å². The van der Waals surface area contributed by atoms with E-state index in [1.807, 2.05) is 24.3 Å². The Balaban J connectivity index is 2.02. The molecule has 0 aromatic heterocycles. The van der Waals surface area contributed by atoms with Crippen molar-refractivity contribution in [1.29, 1.82) is 0 Å². The summed E-state index contributed by atoms with van der Waals surface area (Å²) in [7, 11) is -2.28. The Morgan fingerprint density at radius 1 is 1.09 bits per heavy atom. The second-order valence-electron chi connectivity index (χ2n) is 6.98. The highest BCUT2D eigenvalue weighted by atomic mass is 32.2. The van der Waals surface area contributed by atoms with E-state index < -0.39 is 22.1 Å². The van der Waals surface area contributed by atoms with E-state index in [1.54, 1.807) is 19.2 Å². The van der Waals surface area contributed by atoms with E-state index in [1.165, 1.54) is 12.1 Å². The van der Waals surface area contributed by atoms with Crippen molar-refractivity contribution < 1.29 is 26.9 Å². The largest absolute Gasteiger partial charge is 0.497 e. The number of benzene rings is 2. The minimum absolute atomic E-state index is 0.0310. The molecule has 0 radical (unpaired) electrons. The van der Waals surface area contributed by atoms with Gasteiger partial charge in [0.2, 0.25) is 11.8 Å². The molecular formula is C24H26N2O6S. The van der Waals surface area contributed by atoms with Gasteiger partial charge < -0.3 is 19.6 Å². The molecule has 2 aromatic rings. The molecule has 8 nitrogen and oxygen atoms in total. The fraction of sp³-hybridized carbons (Fsp3) is 0.250. The molecule has 2 N–H and O–H groups in total. The zero-order valence-corrected chi connectivity index (χ0v) is 19.1. The molecule has 0 aliphatic carbocycles.